The Morgan fingerprint density at radius 1 is 1.30 bits per heavy atom. The van der Waals surface area contributed by atoms with Crippen LogP contribution in [0.5, 0.6) is 0 Å². The number of ketones is 1. The number of esters is 2. The Morgan fingerprint density at radius 3 is 2.67 bits per heavy atom. The minimum Gasteiger partial charge on any atom is -0.466 e. The molecule has 0 N–H and O–H groups in total. The van der Waals surface area contributed by atoms with E-state index in [2.05, 4.69) is 6.58 Å². The first-order chi connectivity index (χ1) is 12.7. The third-order valence-electron chi connectivity index (χ3n) is 5.49. The van der Waals surface area contributed by atoms with Crippen LogP contribution in [0.1, 0.15) is 53.4 Å². The van der Waals surface area contributed by atoms with E-state index >= 15 is 0 Å². The van der Waals surface area contributed by atoms with Gasteiger partial charge in [0.1, 0.15) is 6.10 Å². The summed E-state index contributed by atoms with van der Waals surface area (Å²) in [5.41, 5.74) is 0.481. The minimum atomic E-state index is -0.346. The van der Waals surface area contributed by atoms with E-state index in [0.717, 1.165) is 0 Å². The van der Waals surface area contributed by atoms with Crippen molar-refractivity contribution in [3.63, 3.8) is 0 Å². The Kier molecular flexibility index (Phi) is 7.40. The summed E-state index contributed by atoms with van der Waals surface area (Å²) in [6.07, 6.45) is 5.59. The summed E-state index contributed by atoms with van der Waals surface area (Å²) in [6.45, 7) is 12.1. The summed E-state index contributed by atoms with van der Waals surface area (Å²) in [4.78, 5) is 36.4. The maximum Gasteiger partial charge on any atom is 0.334 e. The molecule has 1 saturated heterocycles. The molecule has 0 amide bonds. The van der Waals surface area contributed by atoms with Crippen molar-refractivity contribution in [2.24, 2.45) is 29.6 Å². The predicted molar refractivity (Wildman–Crippen MR) is 103 cm³/mol. The molecule has 0 aromatic carbocycles. The van der Waals surface area contributed by atoms with Crippen molar-refractivity contribution in [3.05, 3.63) is 24.3 Å². The van der Waals surface area contributed by atoms with Gasteiger partial charge < -0.3 is 9.47 Å². The molecular weight excluding hydrogens is 344 g/mol. The van der Waals surface area contributed by atoms with Gasteiger partial charge in [0.2, 0.25) is 0 Å². The molecule has 1 aliphatic carbocycles. The van der Waals surface area contributed by atoms with Crippen LogP contribution < -0.4 is 0 Å². The van der Waals surface area contributed by atoms with Crippen LogP contribution in [0.25, 0.3) is 0 Å². The highest BCUT2D eigenvalue weighted by molar-refractivity contribution is 5.92. The van der Waals surface area contributed by atoms with Crippen molar-refractivity contribution < 1.29 is 23.9 Å². The van der Waals surface area contributed by atoms with Crippen LogP contribution in [0, 0.1) is 29.6 Å². The van der Waals surface area contributed by atoms with Gasteiger partial charge in [-0.2, -0.15) is 0 Å². The lowest BCUT2D eigenvalue weighted by atomic mass is 9.74. The Morgan fingerprint density at radius 2 is 2.00 bits per heavy atom. The number of allylic oxidation sites excluding steroid dienone is 2. The highest BCUT2D eigenvalue weighted by Gasteiger charge is 2.44. The molecule has 1 aliphatic heterocycles. The highest BCUT2D eigenvalue weighted by Crippen LogP contribution is 2.41. The number of fused-ring (bicyclic) bond motifs is 1. The van der Waals surface area contributed by atoms with Crippen molar-refractivity contribution in [2.45, 2.75) is 59.5 Å². The zero-order valence-corrected chi connectivity index (χ0v) is 16.9. The molecule has 1 heterocycles. The number of carbonyl (C=O) groups excluding carboxylic acids is 3. The van der Waals surface area contributed by atoms with Gasteiger partial charge in [-0.05, 0) is 43.1 Å². The van der Waals surface area contributed by atoms with Gasteiger partial charge in [-0.1, -0.05) is 40.3 Å². The smallest absolute Gasteiger partial charge is 0.334 e. The van der Waals surface area contributed by atoms with Crippen LogP contribution in [0.15, 0.2) is 24.3 Å². The molecule has 2 rings (SSSR count). The second-order valence-electron chi connectivity index (χ2n) is 8.47. The molecule has 0 saturated carbocycles. The van der Waals surface area contributed by atoms with Gasteiger partial charge in [-0.25, -0.2) is 4.79 Å². The summed E-state index contributed by atoms with van der Waals surface area (Å²) in [5, 5.41) is 0. The van der Waals surface area contributed by atoms with Gasteiger partial charge >= 0.3 is 11.9 Å². The lowest BCUT2D eigenvalue weighted by Crippen LogP contribution is -2.31. The fraction of sp³-hybridized carbons (Fsp3) is 0.682. The zero-order valence-electron chi connectivity index (χ0n) is 16.9. The maximum absolute atomic E-state index is 12.4. The average Bonchev–Trinajstić information content (AvgIpc) is 2.84. The molecule has 5 heteroatoms. The fourth-order valence-electron chi connectivity index (χ4n) is 4.03. The van der Waals surface area contributed by atoms with Crippen LogP contribution in [-0.4, -0.2) is 30.4 Å². The number of rotatable bonds is 5. The predicted octanol–water partition coefficient (Wildman–Crippen LogP) is 3.87. The summed E-state index contributed by atoms with van der Waals surface area (Å²) in [5.74, 6) is -0.355. The maximum atomic E-state index is 12.4. The molecular formula is C22H32O5. The molecule has 0 radical (unpaired) electrons. The van der Waals surface area contributed by atoms with E-state index in [1.54, 1.807) is 6.08 Å². The normalized spacial score (nSPS) is 32.8. The van der Waals surface area contributed by atoms with Crippen LogP contribution in [0.3, 0.4) is 0 Å². The van der Waals surface area contributed by atoms with Crippen molar-refractivity contribution in [2.75, 3.05) is 6.61 Å². The molecule has 5 nitrogen and oxygen atoms in total. The van der Waals surface area contributed by atoms with Gasteiger partial charge in [0, 0.05) is 23.8 Å². The van der Waals surface area contributed by atoms with Crippen LogP contribution >= 0.6 is 0 Å². The molecule has 27 heavy (non-hydrogen) atoms. The van der Waals surface area contributed by atoms with Gasteiger partial charge in [-0.3, -0.25) is 9.59 Å². The van der Waals surface area contributed by atoms with E-state index in [-0.39, 0.29) is 60.0 Å². The fourth-order valence-corrected chi connectivity index (χ4v) is 4.03. The largest absolute Gasteiger partial charge is 0.466 e. The first-order valence-corrected chi connectivity index (χ1v) is 9.96. The van der Waals surface area contributed by atoms with Crippen molar-refractivity contribution in [3.8, 4) is 0 Å². The average molecular weight is 376 g/mol. The molecule has 0 aromatic rings. The molecule has 0 unspecified atom stereocenters. The van der Waals surface area contributed by atoms with E-state index in [1.807, 2.05) is 33.8 Å². The summed E-state index contributed by atoms with van der Waals surface area (Å²) in [7, 11) is 0. The number of carbonyl (C=O) groups is 3. The Balaban J connectivity index is 2.15. The monoisotopic (exact) mass is 376 g/mol. The second kappa shape index (κ2) is 9.34. The van der Waals surface area contributed by atoms with E-state index in [4.69, 9.17) is 9.47 Å². The number of hydrogen-bond acceptors (Lipinski definition) is 5. The zero-order chi connectivity index (χ0) is 20.1. The van der Waals surface area contributed by atoms with E-state index in [0.29, 0.717) is 31.3 Å². The molecule has 2 aliphatic rings. The molecule has 0 aromatic heterocycles. The quantitative estimate of drug-likeness (QED) is 0.538. The summed E-state index contributed by atoms with van der Waals surface area (Å²) >= 11 is 0. The lowest BCUT2D eigenvalue weighted by molar-refractivity contribution is -0.145. The van der Waals surface area contributed by atoms with E-state index < -0.39 is 0 Å². The molecule has 150 valence electrons. The first-order valence-electron chi connectivity index (χ1n) is 9.96. The molecule has 0 bridgehead atoms. The molecule has 0 spiro atoms. The SMILES string of the molecule is C=C1C(=O)O[C@@H]2C[C@H](C)/C=C\C(=O)[C@@H](C)C[C@@H](CCOC(=O)CC(C)C)[C@@H]12. The topological polar surface area (TPSA) is 69.7 Å². The van der Waals surface area contributed by atoms with Gasteiger partial charge in [0.15, 0.2) is 5.78 Å². The van der Waals surface area contributed by atoms with Crippen LogP contribution in [0.2, 0.25) is 0 Å². The third-order valence-corrected chi connectivity index (χ3v) is 5.49. The van der Waals surface area contributed by atoms with Crippen molar-refractivity contribution >= 4 is 17.7 Å². The van der Waals surface area contributed by atoms with Crippen molar-refractivity contribution in [1.29, 1.82) is 0 Å². The van der Waals surface area contributed by atoms with Crippen LogP contribution in [-0.2, 0) is 23.9 Å². The summed E-state index contributed by atoms with van der Waals surface area (Å²) in [6, 6.07) is 0. The Hall–Kier alpha value is -1.91. The third kappa shape index (κ3) is 5.78. The van der Waals surface area contributed by atoms with E-state index in [9.17, 15) is 14.4 Å². The Labute approximate surface area is 162 Å². The van der Waals surface area contributed by atoms with E-state index in [1.165, 1.54) is 0 Å². The van der Waals surface area contributed by atoms with Crippen molar-refractivity contribution in [1.82, 2.24) is 0 Å². The molecule has 1 fully saturated rings. The van der Waals surface area contributed by atoms with Gasteiger partial charge in [0.25, 0.3) is 0 Å². The highest BCUT2D eigenvalue weighted by atomic mass is 16.6. The minimum absolute atomic E-state index is 0.0125. The summed E-state index contributed by atoms with van der Waals surface area (Å²) < 4.78 is 11.0. The van der Waals surface area contributed by atoms with Gasteiger partial charge in [0.05, 0.1) is 6.61 Å². The van der Waals surface area contributed by atoms with Gasteiger partial charge in [-0.15, -0.1) is 0 Å². The lowest BCUT2D eigenvalue weighted by Gasteiger charge is -2.30. The second-order valence-corrected chi connectivity index (χ2v) is 8.47. The number of ether oxygens (including phenoxy) is 2. The first kappa shape index (κ1) is 21.4. The Bertz CT molecular complexity index is 618. The van der Waals surface area contributed by atoms with Crippen LogP contribution in [0.4, 0.5) is 0 Å². The molecule has 5 atom stereocenters. The standard InChI is InChI=1S/C22H32O5/c1-13(2)10-20(24)26-9-8-17-12-15(4)18(23)7-6-14(3)11-19-21(17)16(5)22(25)27-19/h6-7,13-15,17,19,21H,5,8-12H2,1-4H3/b7-6-/t14-,15+,17-,19-,21-/m1/s1. The number of hydrogen-bond donors (Lipinski definition) is 0.